The molecule has 2 N–H and O–H groups in total. The molecule has 0 saturated carbocycles. The quantitative estimate of drug-likeness (QED) is 0.473. The normalized spacial score (nSPS) is 12.1. The summed E-state index contributed by atoms with van der Waals surface area (Å²) in [5.41, 5.74) is 6.44. The van der Waals surface area contributed by atoms with E-state index in [4.69, 9.17) is 19.0 Å². The highest BCUT2D eigenvalue weighted by molar-refractivity contribution is 6.25. The Balaban J connectivity index is 1.83. The maximum atomic E-state index is 14.8. The topological polar surface area (TPSA) is 100 Å². The number of aromatic nitrogens is 2. The SMILES string of the molecule is NCc1ccc(Cn2c3cc(F)c4ccoc4c3c3c4cccnc4oc(=O)c32)o1. The summed E-state index contributed by atoms with van der Waals surface area (Å²) in [5, 5.41) is 2.22. The Morgan fingerprint density at radius 2 is 1.93 bits per heavy atom. The lowest BCUT2D eigenvalue weighted by atomic mass is 10.1. The smallest absolute Gasteiger partial charge is 0.362 e. The molecule has 0 aliphatic rings. The van der Waals surface area contributed by atoms with Crippen molar-refractivity contribution in [2.45, 2.75) is 13.1 Å². The molecule has 6 aromatic rings. The molecule has 0 fully saturated rings. The third kappa shape index (κ3) is 2.22. The van der Waals surface area contributed by atoms with Crippen LogP contribution in [0.2, 0.25) is 0 Å². The van der Waals surface area contributed by atoms with Crippen LogP contribution >= 0.6 is 0 Å². The highest BCUT2D eigenvalue weighted by Gasteiger charge is 2.24. The summed E-state index contributed by atoms with van der Waals surface area (Å²) in [6, 6.07) is 10.1. The molecular weight excluding hydrogens is 389 g/mol. The molecule has 0 atom stereocenters. The van der Waals surface area contributed by atoms with Crippen LogP contribution < -0.4 is 11.4 Å². The molecule has 0 radical (unpaired) electrons. The van der Waals surface area contributed by atoms with Crippen LogP contribution in [0.4, 0.5) is 4.39 Å². The van der Waals surface area contributed by atoms with Gasteiger partial charge in [0.25, 0.3) is 0 Å². The van der Waals surface area contributed by atoms with Gasteiger partial charge in [-0.05, 0) is 36.4 Å². The summed E-state index contributed by atoms with van der Waals surface area (Å²) < 4.78 is 33.4. The van der Waals surface area contributed by atoms with E-state index in [0.717, 1.165) is 0 Å². The Kier molecular flexibility index (Phi) is 3.42. The molecule has 5 heterocycles. The molecule has 6 rings (SSSR count). The Labute approximate surface area is 167 Å². The van der Waals surface area contributed by atoms with Gasteiger partial charge in [0.15, 0.2) is 0 Å². The van der Waals surface area contributed by atoms with E-state index < -0.39 is 11.4 Å². The number of hydrogen-bond donors (Lipinski definition) is 1. The zero-order valence-electron chi connectivity index (χ0n) is 15.5. The van der Waals surface area contributed by atoms with E-state index in [0.29, 0.717) is 49.7 Å². The van der Waals surface area contributed by atoms with Crippen LogP contribution in [0.15, 0.2) is 66.9 Å². The van der Waals surface area contributed by atoms with Crippen LogP contribution in [-0.4, -0.2) is 9.55 Å². The zero-order valence-corrected chi connectivity index (χ0v) is 15.5. The van der Waals surface area contributed by atoms with Crippen molar-refractivity contribution in [3.63, 3.8) is 0 Å². The van der Waals surface area contributed by atoms with E-state index in [1.807, 2.05) is 6.07 Å². The van der Waals surface area contributed by atoms with Gasteiger partial charge < -0.3 is 23.6 Å². The van der Waals surface area contributed by atoms with E-state index in [2.05, 4.69) is 4.98 Å². The number of rotatable bonds is 3. The minimum atomic E-state index is -0.571. The van der Waals surface area contributed by atoms with Crippen molar-refractivity contribution >= 4 is 43.9 Å². The first-order chi connectivity index (χ1) is 14.7. The van der Waals surface area contributed by atoms with Gasteiger partial charge in [0.2, 0.25) is 5.71 Å². The monoisotopic (exact) mass is 403 g/mol. The number of benzene rings is 1. The second-order valence-electron chi connectivity index (χ2n) is 7.04. The summed E-state index contributed by atoms with van der Waals surface area (Å²) in [7, 11) is 0. The standard InChI is InChI=1S/C22H14FN3O4/c23-15-8-16-18(20-13(15)5-7-28-20)17-14-2-1-6-25-21(14)30-22(27)19(17)26(16)10-12-4-3-11(9-24)29-12/h1-8H,9-10,24H2. The number of nitrogens with zero attached hydrogens (tertiary/aromatic N) is 2. The van der Waals surface area contributed by atoms with Gasteiger partial charge in [-0.15, -0.1) is 0 Å². The van der Waals surface area contributed by atoms with E-state index >= 15 is 0 Å². The van der Waals surface area contributed by atoms with Gasteiger partial charge in [0, 0.05) is 17.0 Å². The number of hydrogen-bond acceptors (Lipinski definition) is 6. The Morgan fingerprint density at radius 1 is 1.07 bits per heavy atom. The fraction of sp³-hybridized carbons (Fsp3) is 0.0909. The molecule has 0 aliphatic carbocycles. The third-order valence-electron chi connectivity index (χ3n) is 5.37. The molecule has 148 valence electrons. The molecule has 0 spiro atoms. The molecule has 0 saturated heterocycles. The average molecular weight is 403 g/mol. The molecule has 0 bridgehead atoms. The van der Waals surface area contributed by atoms with Crippen molar-refractivity contribution in [1.82, 2.24) is 9.55 Å². The summed E-state index contributed by atoms with van der Waals surface area (Å²) in [6.45, 7) is 0.454. The third-order valence-corrected chi connectivity index (χ3v) is 5.37. The second-order valence-corrected chi connectivity index (χ2v) is 7.04. The Hall–Kier alpha value is -3.91. The van der Waals surface area contributed by atoms with E-state index in [1.165, 1.54) is 12.3 Å². The lowest BCUT2D eigenvalue weighted by molar-refractivity contribution is 0.458. The second kappa shape index (κ2) is 6.04. The fourth-order valence-corrected chi connectivity index (χ4v) is 4.12. The van der Waals surface area contributed by atoms with Crippen molar-refractivity contribution in [3.8, 4) is 0 Å². The van der Waals surface area contributed by atoms with E-state index in [9.17, 15) is 9.18 Å². The summed E-state index contributed by atoms with van der Waals surface area (Å²) >= 11 is 0. The Bertz CT molecular complexity index is 1650. The van der Waals surface area contributed by atoms with Gasteiger partial charge in [0.05, 0.1) is 35.6 Å². The zero-order chi connectivity index (χ0) is 20.4. The highest BCUT2D eigenvalue weighted by atomic mass is 19.1. The first kappa shape index (κ1) is 17.0. The van der Waals surface area contributed by atoms with Crippen LogP contribution in [0.3, 0.4) is 0 Å². The molecule has 0 aliphatic heterocycles. The molecule has 7 nitrogen and oxygen atoms in total. The van der Waals surface area contributed by atoms with Crippen molar-refractivity contribution in [1.29, 1.82) is 0 Å². The maximum Gasteiger partial charge on any atom is 0.362 e. The first-order valence-electron chi connectivity index (χ1n) is 9.33. The van der Waals surface area contributed by atoms with Crippen LogP contribution in [0.1, 0.15) is 11.5 Å². The van der Waals surface area contributed by atoms with Crippen molar-refractivity contribution in [2.24, 2.45) is 5.73 Å². The molecular formula is C22H14FN3O4. The predicted molar refractivity (Wildman–Crippen MR) is 109 cm³/mol. The number of halogens is 1. The van der Waals surface area contributed by atoms with Crippen LogP contribution in [0.25, 0.3) is 43.9 Å². The minimum absolute atomic E-state index is 0.197. The number of nitrogens with two attached hydrogens (primary N) is 1. The van der Waals surface area contributed by atoms with Gasteiger partial charge in [-0.3, -0.25) is 0 Å². The minimum Gasteiger partial charge on any atom is -0.463 e. The lowest BCUT2D eigenvalue weighted by Crippen LogP contribution is -2.08. The molecule has 30 heavy (non-hydrogen) atoms. The van der Waals surface area contributed by atoms with Gasteiger partial charge in [-0.1, -0.05) is 0 Å². The molecule has 5 aromatic heterocycles. The van der Waals surface area contributed by atoms with Crippen LogP contribution in [-0.2, 0) is 13.1 Å². The lowest BCUT2D eigenvalue weighted by Gasteiger charge is -2.05. The highest BCUT2D eigenvalue weighted by Crippen LogP contribution is 2.38. The van der Waals surface area contributed by atoms with Crippen molar-refractivity contribution in [3.05, 3.63) is 76.6 Å². The van der Waals surface area contributed by atoms with Gasteiger partial charge >= 0.3 is 5.63 Å². The number of pyridine rings is 1. The van der Waals surface area contributed by atoms with Gasteiger partial charge in [-0.2, -0.15) is 0 Å². The largest absolute Gasteiger partial charge is 0.463 e. The van der Waals surface area contributed by atoms with Crippen molar-refractivity contribution in [2.75, 3.05) is 0 Å². The van der Waals surface area contributed by atoms with Gasteiger partial charge in [-0.25, -0.2) is 14.2 Å². The van der Waals surface area contributed by atoms with Crippen LogP contribution in [0, 0.1) is 5.82 Å². The Morgan fingerprint density at radius 3 is 2.77 bits per heavy atom. The summed E-state index contributed by atoms with van der Waals surface area (Å²) in [4.78, 5) is 17.2. The van der Waals surface area contributed by atoms with Gasteiger partial charge in [0.1, 0.15) is 28.4 Å². The van der Waals surface area contributed by atoms with Crippen LogP contribution in [0.5, 0.6) is 0 Å². The van der Waals surface area contributed by atoms with E-state index in [-0.39, 0.29) is 18.8 Å². The molecule has 0 amide bonds. The number of furan rings is 2. The predicted octanol–water partition coefficient (Wildman–Crippen LogP) is 4.28. The van der Waals surface area contributed by atoms with E-state index in [1.54, 1.807) is 35.0 Å². The molecule has 8 heteroatoms. The number of fused-ring (bicyclic) bond motifs is 7. The first-order valence-corrected chi connectivity index (χ1v) is 9.33. The molecule has 0 unspecified atom stereocenters. The summed E-state index contributed by atoms with van der Waals surface area (Å²) in [6.07, 6.45) is 2.98. The fourth-order valence-electron chi connectivity index (χ4n) is 4.12. The summed E-state index contributed by atoms with van der Waals surface area (Å²) in [5.74, 6) is 0.760. The average Bonchev–Trinajstić information content (AvgIpc) is 3.47. The van der Waals surface area contributed by atoms with Crippen molar-refractivity contribution < 1.29 is 17.6 Å². The molecule has 1 aromatic carbocycles. The maximum absolute atomic E-state index is 14.8.